The van der Waals surface area contributed by atoms with Crippen LogP contribution < -0.4 is 9.47 Å². The second-order valence-corrected chi connectivity index (χ2v) is 4.53. The van der Waals surface area contributed by atoms with Crippen molar-refractivity contribution in [3.63, 3.8) is 0 Å². The van der Waals surface area contributed by atoms with E-state index in [0.29, 0.717) is 22.8 Å². The molecule has 23 heavy (non-hydrogen) atoms. The number of methoxy groups -OCH3 is 3. The summed E-state index contributed by atoms with van der Waals surface area (Å²) in [4.78, 5) is 16.1. The van der Waals surface area contributed by atoms with Gasteiger partial charge in [-0.3, -0.25) is 4.98 Å². The molecule has 0 spiro atoms. The lowest BCUT2D eigenvalue weighted by atomic mass is 10.0. The normalized spacial score (nSPS) is 10.6. The van der Waals surface area contributed by atoms with E-state index in [1.54, 1.807) is 43.7 Å². The molecule has 0 radical (unpaired) electrons. The highest BCUT2D eigenvalue weighted by Crippen LogP contribution is 2.30. The first-order valence-corrected chi connectivity index (χ1v) is 6.77. The average molecular weight is 315 g/mol. The van der Waals surface area contributed by atoms with Crippen molar-refractivity contribution in [3.8, 4) is 17.2 Å². The summed E-state index contributed by atoms with van der Waals surface area (Å²) in [5.74, 6) is 0.153. The molecule has 2 rings (SSSR count). The molecule has 0 saturated heterocycles. The Bertz CT molecular complexity index is 740. The standard InChI is InChI=1S/C17H17NO5/c1-21-12-9-11(16(14(19)10-12)17(20)23-3)6-7-13-15(22-2)5-4-8-18-13/h4-10,19H,1-3H3/b7-6+. The van der Waals surface area contributed by atoms with Crippen molar-refractivity contribution in [2.45, 2.75) is 0 Å². The van der Waals surface area contributed by atoms with Gasteiger partial charge in [0.05, 0.1) is 21.3 Å². The number of aromatic hydroxyl groups is 1. The van der Waals surface area contributed by atoms with Crippen molar-refractivity contribution < 1.29 is 24.1 Å². The van der Waals surface area contributed by atoms with Gasteiger partial charge in [-0.2, -0.15) is 0 Å². The average Bonchev–Trinajstić information content (AvgIpc) is 2.58. The molecule has 0 aliphatic carbocycles. The number of rotatable bonds is 5. The number of ether oxygens (including phenoxy) is 3. The minimum absolute atomic E-state index is 0.0550. The molecule has 0 bridgehead atoms. The van der Waals surface area contributed by atoms with Gasteiger partial charge < -0.3 is 19.3 Å². The molecule has 6 heteroatoms. The predicted octanol–water partition coefficient (Wildman–Crippen LogP) is 2.76. The minimum Gasteiger partial charge on any atom is -0.507 e. The zero-order valence-corrected chi connectivity index (χ0v) is 13.1. The van der Waals surface area contributed by atoms with E-state index in [-0.39, 0.29) is 11.3 Å². The number of hydrogen-bond acceptors (Lipinski definition) is 6. The molecular formula is C17H17NO5. The van der Waals surface area contributed by atoms with Gasteiger partial charge in [-0.1, -0.05) is 6.08 Å². The maximum atomic E-state index is 11.9. The molecule has 0 saturated carbocycles. The second kappa shape index (κ2) is 7.31. The van der Waals surface area contributed by atoms with Crippen LogP contribution in [0, 0.1) is 0 Å². The quantitative estimate of drug-likeness (QED) is 0.855. The van der Waals surface area contributed by atoms with Crippen LogP contribution in [0.15, 0.2) is 30.5 Å². The van der Waals surface area contributed by atoms with E-state index in [4.69, 9.17) is 14.2 Å². The molecule has 1 aromatic heterocycles. The van der Waals surface area contributed by atoms with Crippen LogP contribution in [0.25, 0.3) is 12.2 Å². The topological polar surface area (TPSA) is 77.9 Å². The highest BCUT2D eigenvalue weighted by molar-refractivity contribution is 5.98. The number of carbonyl (C=O) groups excluding carboxylic acids is 1. The molecule has 6 nitrogen and oxygen atoms in total. The summed E-state index contributed by atoms with van der Waals surface area (Å²) in [5.41, 5.74) is 1.09. The molecule has 0 atom stereocenters. The Kier molecular flexibility index (Phi) is 5.19. The van der Waals surface area contributed by atoms with Gasteiger partial charge in [0.15, 0.2) is 0 Å². The van der Waals surface area contributed by atoms with E-state index in [2.05, 4.69) is 4.98 Å². The fourth-order valence-electron chi connectivity index (χ4n) is 2.06. The lowest BCUT2D eigenvalue weighted by molar-refractivity contribution is 0.0597. The van der Waals surface area contributed by atoms with Gasteiger partial charge in [-0.25, -0.2) is 4.79 Å². The number of hydrogen-bond donors (Lipinski definition) is 1. The van der Waals surface area contributed by atoms with E-state index in [9.17, 15) is 9.90 Å². The molecule has 0 aliphatic rings. The smallest absolute Gasteiger partial charge is 0.342 e. The number of phenolic OH excluding ortho intramolecular Hbond substituents is 1. The number of esters is 1. The Morgan fingerprint density at radius 3 is 2.61 bits per heavy atom. The third kappa shape index (κ3) is 3.60. The summed E-state index contributed by atoms with van der Waals surface area (Å²) >= 11 is 0. The van der Waals surface area contributed by atoms with Crippen molar-refractivity contribution >= 4 is 18.1 Å². The second-order valence-electron chi connectivity index (χ2n) is 4.53. The van der Waals surface area contributed by atoms with Gasteiger partial charge in [-0.05, 0) is 29.8 Å². The Balaban J connectivity index is 2.51. The van der Waals surface area contributed by atoms with Crippen molar-refractivity contribution in [2.24, 2.45) is 0 Å². The lowest BCUT2D eigenvalue weighted by Gasteiger charge is -2.10. The first-order chi connectivity index (χ1) is 11.1. The van der Waals surface area contributed by atoms with E-state index in [0.717, 1.165) is 0 Å². The summed E-state index contributed by atoms with van der Waals surface area (Å²) in [6.07, 6.45) is 4.95. The summed E-state index contributed by atoms with van der Waals surface area (Å²) in [5, 5.41) is 10.0. The third-order valence-corrected chi connectivity index (χ3v) is 3.19. The van der Waals surface area contributed by atoms with Crippen LogP contribution in [0.3, 0.4) is 0 Å². The van der Waals surface area contributed by atoms with Crippen molar-refractivity contribution in [3.05, 3.63) is 47.3 Å². The van der Waals surface area contributed by atoms with Crippen LogP contribution in [-0.4, -0.2) is 37.4 Å². The molecule has 0 unspecified atom stereocenters. The molecule has 2 aromatic rings. The van der Waals surface area contributed by atoms with Gasteiger partial charge in [0.1, 0.15) is 28.5 Å². The highest BCUT2D eigenvalue weighted by Gasteiger charge is 2.17. The van der Waals surface area contributed by atoms with Gasteiger partial charge in [0.2, 0.25) is 0 Å². The molecule has 1 aromatic carbocycles. The Labute approximate surface area is 134 Å². The molecule has 1 N–H and O–H groups in total. The van der Waals surface area contributed by atoms with E-state index in [1.807, 2.05) is 0 Å². The molecule has 120 valence electrons. The van der Waals surface area contributed by atoms with Crippen molar-refractivity contribution in [1.82, 2.24) is 4.98 Å². The Morgan fingerprint density at radius 2 is 1.96 bits per heavy atom. The molecule has 1 heterocycles. The SMILES string of the molecule is COC(=O)c1c(O)cc(OC)cc1/C=C/c1ncccc1OC. The minimum atomic E-state index is -0.641. The van der Waals surface area contributed by atoms with Gasteiger partial charge in [0.25, 0.3) is 0 Å². The van der Waals surface area contributed by atoms with Gasteiger partial charge >= 0.3 is 5.97 Å². The molecular weight excluding hydrogens is 298 g/mol. The molecule has 0 amide bonds. The number of benzene rings is 1. The number of pyridine rings is 1. The Morgan fingerprint density at radius 1 is 1.17 bits per heavy atom. The fraction of sp³-hybridized carbons (Fsp3) is 0.176. The summed E-state index contributed by atoms with van der Waals surface area (Å²) in [6.45, 7) is 0. The van der Waals surface area contributed by atoms with Gasteiger partial charge in [-0.15, -0.1) is 0 Å². The predicted molar refractivity (Wildman–Crippen MR) is 85.7 cm³/mol. The van der Waals surface area contributed by atoms with E-state index < -0.39 is 5.97 Å². The first kappa shape index (κ1) is 16.4. The molecule has 0 fully saturated rings. The largest absolute Gasteiger partial charge is 0.507 e. The summed E-state index contributed by atoms with van der Waals surface area (Å²) < 4.78 is 15.1. The first-order valence-electron chi connectivity index (χ1n) is 6.77. The number of aromatic nitrogens is 1. The third-order valence-electron chi connectivity index (χ3n) is 3.19. The summed E-state index contributed by atoms with van der Waals surface area (Å²) in [7, 11) is 4.27. The maximum absolute atomic E-state index is 11.9. The number of phenols is 1. The van der Waals surface area contributed by atoms with Crippen LogP contribution in [-0.2, 0) is 4.74 Å². The van der Waals surface area contributed by atoms with Crippen LogP contribution in [0.2, 0.25) is 0 Å². The molecule has 0 aliphatic heterocycles. The van der Waals surface area contributed by atoms with Crippen molar-refractivity contribution in [1.29, 1.82) is 0 Å². The van der Waals surface area contributed by atoms with E-state index >= 15 is 0 Å². The van der Waals surface area contributed by atoms with Crippen LogP contribution in [0.1, 0.15) is 21.6 Å². The zero-order chi connectivity index (χ0) is 16.8. The number of carbonyl (C=O) groups is 1. The maximum Gasteiger partial charge on any atom is 0.342 e. The van der Waals surface area contributed by atoms with Gasteiger partial charge in [0, 0.05) is 12.3 Å². The summed E-state index contributed by atoms with van der Waals surface area (Å²) in [6, 6.07) is 6.51. The highest BCUT2D eigenvalue weighted by atomic mass is 16.5. The zero-order valence-electron chi connectivity index (χ0n) is 13.1. The Hall–Kier alpha value is -3.02. The van der Waals surface area contributed by atoms with Crippen LogP contribution in [0.4, 0.5) is 0 Å². The lowest BCUT2D eigenvalue weighted by Crippen LogP contribution is -2.04. The number of nitrogens with zero attached hydrogens (tertiary/aromatic N) is 1. The van der Waals surface area contributed by atoms with Crippen LogP contribution in [0.5, 0.6) is 17.2 Å². The fourth-order valence-corrected chi connectivity index (χ4v) is 2.06. The van der Waals surface area contributed by atoms with E-state index in [1.165, 1.54) is 20.3 Å². The van der Waals surface area contributed by atoms with Crippen LogP contribution >= 0.6 is 0 Å². The monoisotopic (exact) mass is 315 g/mol. The van der Waals surface area contributed by atoms with Crippen molar-refractivity contribution in [2.75, 3.05) is 21.3 Å².